The van der Waals surface area contributed by atoms with Crippen LogP contribution < -0.4 is 4.98 Å². The van der Waals surface area contributed by atoms with E-state index in [0.29, 0.717) is 5.02 Å². The quantitative estimate of drug-likeness (QED) is 0.683. The highest BCUT2D eigenvalue weighted by Gasteiger charge is 2.16. The summed E-state index contributed by atoms with van der Waals surface area (Å²) in [4.78, 5) is 16.9. The fraction of sp³-hybridized carbons (Fsp3) is 0.357. The molecule has 5 heteroatoms. The fourth-order valence-corrected chi connectivity index (χ4v) is 2.63. The maximum atomic E-state index is 11.9. The van der Waals surface area contributed by atoms with Crippen LogP contribution in [-0.2, 0) is 4.79 Å². The Labute approximate surface area is 121 Å². The maximum Gasteiger partial charge on any atom is 0.248 e. The van der Waals surface area contributed by atoms with Gasteiger partial charge >= 0.3 is 0 Å². The number of carbonyl (C=O) groups excluding carboxylic acids is 1. The molecule has 0 saturated heterocycles. The van der Waals surface area contributed by atoms with Gasteiger partial charge in [-0.15, -0.1) is 0 Å². The molecule has 104 valence electrons. The van der Waals surface area contributed by atoms with Gasteiger partial charge in [-0.3, -0.25) is 4.79 Å². The second-order valence-electron chi connectivity index (χ2n) is 5.67. The number of likely N-dealkylation sites (N-methyl/N-ethyl adjacent to an activating group) is 1. The second kappa shape index (κ2) is 6.26. The smallest absolute Gasteiger partial charge is 0.248 e. The number of carbonyl (C=O) groups is 1. The van der Waals surface area contributed by atoms with Gasteiger partial charge in [-0.25, -0.2) is 0 Å². The molecule has 0 aromatic heterocycles. The van der Waals surface area contributed by atoms with E-state index in [1.807, 2.05) is 24.3 Å². The standard InChI is InChI=1S/C14H21ClN2OSi/c1-17(2)14(18)10-13(16-19(3,4)5)11-6-8-12(15)9-7-11/h6-10,16H,1-5H3/b13-10+. The first-order valence-electron chi connectivity index (χ1n) is 6.16. The normalized spacial score (nSPS) is 12.2. The zero-order valence-electron chi connectivity index (χ0n) is 12.1. The molecule has 0 bridgehead atoms. The molecule has 0 radical (unpaired) electrons. The summed E-state index contributed by atoms with van der Waals surface area (Å²) in [6.45, 7) is 6.57. The molecular formula is C14H21ClN2OSi. The van der Waals surface area contributed by atoms with Crippen LogP contribution in [0.5, 0.6) is 0 Å². The summed E-state index contributed by atoms with van der Waals surface area (Å²) in [5, 5.41) is 0.690. The van der Waals surface area contributed by atoms with Gasteiger partial charge in [-0.05, 0) is 17.7 Å². The molecule has 0 fully saturated rings. The van der Waals surface area contributed by atoms with Crippen molar-refractivity contribution in [1.82, 2.24) is 9.88 Å². The van der Waals surface area contributed by atoms with Crippen molar-refractivity contribution in [2.45, 2.75) is 19.6 Å². The first-order valence-corrected chi connectivity index (χ1v) is 10.0. The Morgan fingerprint density at radius 3 is 2.16 bits per heavy atom. The monoisotopic (exact) mass is 296 g/mol. The molecule has 1 N–H and O–H groups in total. The molecule has 19 heavy (non-hydrogen) atoms. The average Bonchev–Trinajstić information content (AvgIpc) is 2.27. The molecule has 0 aliphatic rings. The van der Waals surface area contributed by atoms with Crippen LogP contribution in [0.2, 0.25) is 24.7 Å². The van der Waals surface area contributed by atoms with Crippen molar-refractivity contribution in [1.29, 1.82) is 0 Å². The van der Waals surface area contributed by atoms with Crippen LogP contribution in [0.1, 0.15) is 5.56 Å². The lowest BCUT2D eigenvalue weighted by Gasteiger charge is -2.23. The largest absolute Gasteiger partial charge is 0.410 e. The highest BCUT2D eigenvalue weighted by molar-refractivity contribution is 6.74. The van der Waals surface area contributed by atoms with E-state index < -0.39 is 8.24 Å². The Kier molecular flexibility index (Phi) is 5.20. The zero-order valence-corrected chi connectivity index (χ0v) is 13.9. The lowest BCUT2D eigenvalue weighted by molar-refractivity contribution is -0.123. The van der Waals surface area contributed by atoms with Gasteiger partial charge in [0, 0.05) is 30.9 Å². The predicted molar refractivity (Wildman–Crippen MR) is 84.6 cm³/mol. The number of benzene rings is 1. The van der Waals surface area contributed by atoms with Gasteiger partial charge in [-0.1, -0.05) is 43.4 Å². The molecule has 0 atom stereocenters. The van der Waals surface area contributed by atoms with Crippen molar-refractivity contribution in [3.8, 4) is 0 Å². The highest BCUT2D eigenvalue weighted by atomic mass is 35.5. The molecule has 0 unspecified atom stereocenters. The summed E-state index contributed by atoms with van der Waals surface area (Å²) in [6, 6.07) is 7.50. The maximum absolute atomic E-state index is 11.9. The van der Waals surface area contributed by atoms with Crippen LogP contribution in [0.15, 0.2) is 30.3 Å². The van der Waals surface area contributed by atoms with Crippen LogP contribution >= 0.6 is 11.6 Å². The van der Waals surface area contributed by atoms with Gasteiger partial charge in [0.15, 0.2) is 0 Å². The Bertz CT molecular complexity index is 475. The summed E-state index contributed by atoms with van der Waals surface area (Å²) in [5.74, 6) is -0.0318. The SMILES string of the molecule is CN(C)C(=O)/C=C(/N[Si](C)(C)C)c1ccc(Cl)cc1. The minimum atomic E-state index is -1.54. The second-order valence-corrected chi connectivity index (χ2v) is 10.9. The van der Waals surface area contributed by atoms with Crippen LogP contribution in [-0.4, -0.2) is 33.1 Å². The lowest BCUT2D eigenvalue weighted by atomic mass is 10.1. The minimum Gasteiger partial charge on any atom is -0.410 e. The minimum absolute atomic E-state index is 0.0318. The van der Waals surface area contributed by atoms with Crippen LogP contribution in [0, 0.1) is 0 Å². The number of nitrogens with zero attached hydrogens (tertiary/aromatic N) is 1. The predicted octanol–water partition coefficient (Wildman–Crippen LogP) is 3.19. The van der Waals surface area contributed by atoms with Crippen molar-refractivity contribution in [2.75, 3.05) is 14.1 Å². The molecule has 1 aromatic carbocycles. The van der Waals surface area contributed by atoms with E-state index in [1.165, 1.54) is 0 Å². The van der Waals surface area contributed by atoms with Crippen molar-refractivity contribution < 1.29 is 4.79 Å². The molecule has 0 saturated carbocycles. The van der Waals surface area contributed by atoms with Crippen molar-refractivity contribution >= 4 is 31.4 Å². The van der Waals surface area contributed by atoms with Gasteiger partial charge in [0.05, 0.1) is 0 Å². The van der Waals surface area contributed by atoms with E-state index in [-0.39, 0.29) is 5.91 Å². The van der Waals surface area contributed by atoms with Crippen LogP contribution in [0.25, 0.3) is 5.70 Å². The Morgan fingerprint density at radius 1 is 1.21 bits per heavy atom. The third-order valence-corrected chi connectivity index (χ3v) is 3.64. The third-order valence-electron chi connectivity index (χ3n) is 2.37. The van der Waals surface area contributed by atoms with Gasteiger partial charge < -0.3 is 9.88 Å². The van der Waals surface area contributed by atoms with Crippen molar-refractivity contribution in [2.24, 2.45) is 0 Å². The van der Waals surface area contributed by atoms with Gasteiger partial charge in [0.2, 0.25) is 5.91 Å². The topological polar surface area (TPSA) is 32.3 Å². The van der Waals surface area contributed by atoms with E-state index in [9.17, 15) is 4.79 Å². The number of rotatable bonds is 4. The number of halogens is 1. The third kappa shape index (κ3) is 5.49. The van der Waals surface area contributed by atoms with E-state index >= 15 is 0 Å². The lowest BCUT2D eigenvalue weighted by Crippen LogP contribution is -2.40. The summed E-state index contributed by atoms with van der Waals surface area (Å²) < 4.78 is 0. The Balaban J connectivity index is 3.12. The molecule has 3 nitrogen and oxygen atoms in total. The molecular weight excluding hydrogens is 276 g/mol. The summed E-state index contributed by atoms with van der Waals surface area (Å²) >= 11 is 5.90. The number of hydrogen-bond donors (Lipinski definition) is 1. The van der Waals surface area contributed by atoms with Crippen LogP contribution in [0.3, 0.4) is 0 Å². The summed E-state index contributed by atoms with van der Waals surface area (Å²) in [7, 11) is 1.95. The molecule has 0 spiro atoms. The van der Waals surface area contributed by atoms with E-state index in [0.717, 1.165) is 11.3 Å². The van der Waals surface area contributed by atoms with Gasteiger partial charge in [-0.2, -0.15) is 0 Å². The Hall–Kier alpha value is -1.26. The Morgan fingerprint density at radius 2 is 1.74 bits per heavy atom. The van der Waals surface area contributed by atoms with Crippen molar-refractivity contribution in [3.05, 3.63) is 40.9 Å². The number of hydrogen-bond acceptors (Lipinski definition) is 2. The van der Waals surface area contributed by atoms with Crippen LogP contribution in [0.4, 0.5) is 0 Å². The zero-order chi connectivity index (χ0) is 14.6. The van der Waals surface area contributed by atoms with E-state index in [1.54, 1.807) is 25.1 Å². The molecule has 1 aromatic rings. The molecule has 1 amide bonds. The molecule has 0 aliphatic heterocycles. The highest BCUT2D eigenvalue weighted by Crippen LogP contribution is 2.17. The molecule has 0 aliphatic carbocycles. The van der Waals surface area contributed by atoms with Gasteiger partial charge in [0.1, 0.15) is 8.24 Å². The number of nitrogens with one attached hydrogen (secondary N) is 1. The summed E-state index contributed by atoms with van der Waals surface area (Å²) in [5.41, 5.74) is 1.83. The van der Waals surface area contributed by atoms with E-state index in [2.05, 4.69) is 24.6 Å². The van der Waals surface area contributed by atoms with Gasteiger partial charge in [0.25, 0.3) is 0 Å². The summed E-state index contributed by atoms with van der Waals surface area (Å²) in [6.07, 6.45) is 1.64. The molecule has 1 rings (SSSR count). The first-order chi connectivity index (χ1) is 8.69. The molecule has 0 heterocycles. The average molecular weight is 297 g/mol. The van der Waals surface area contributed by atoms with E-state index in [4.69, 9.17) is 11.6 Å². The number of amides is 1. The van der Waals surface area contributed by atoms with Crippen molar-refractivity contribution in [3.63, 3.8) is 0 Å². The fourth-order valence-electron chi connectivity index (χ4n) is 1.48. The first kappa shape index (κ1) is 15.8.